The molecule has 0 bridgehead atoms. The molecule has 84 valence electrons. The topological polar surface area (TPSA) is 89.7 Å². The summed E-state index contributed by atoms with van der Waals surface area (Å²) in [6.07, 6.45) is 1.16. The number of aliphatic hydroxyl groups excluding tert-OH is 1. The van der Waals surface area contributed by atoms with Gasteiger partial charge in [-0.3, -0.25) is 10.1 Å². The van der Waals surface area contributed by atoms with Crippen LogP contribution in [0.25, 0.3) is 6.08 Å². The number of aliphatic hydroxyl groups is 1. The number of methoxy groups -OCH3 is 1. The summed E-state index contributed by atoms with van der Waals surface area (Å²) < 4.78 is 4.28. The second-order valence-electron chi connectivity index (χ2n) is 2.87. The zero-order valence-corrected chi connectivity index (χ0v) is 8.41. The molecule has 0 radical (unpaired) electrons. The van der Waals surface area contributed by atoms with Crippen LogP contribution in [0.15, 0.2) is 30.0 Å². The highest BCUT2D eigenvalue weighted by Gasteiger charge is 2.07. The predicted octanol–water partition coefficient (Wildman–Crippen LogP) is 1.67. The fraction of sp³-hybridized carbons (Fsp3) is 0.100. The highest BCUT2D eigenvalue weighted by molar-refractivity contribution is 5.90. The molecule has 16 heavy (non-hydrogen) atoms. The van der Waals surface area contributed by atoms with Crippen molar-refractivity contribution in [3.05, 3.63) is 45.7 Å². The number of ether oxygens (including phenoxy) is 1. The third-order valence-corrected chi connectivity index (χ3v) is 1.80. The quantitative estimate of drug-likeness (QED) is 0.277. The predicted molar refractivity (Wildman–Crippen MR) is 55.7 cm³/mol. The number of nitro groups is 1. The van der Waals surface area contributed by atoms with Crippen LogP contribution in [0.3, 0.4) is 0 Å². The van der Waals surface area contributed by atoms with Crippen LogP contribution >= 0.6 is 0 Å². The van der Waals surface area contributed by atoms with E-state index >= 15 is 0 Å². The first-order valence-electron chi connectivity index (χ1n) is 4.28. The number of carbonyl (C=O) groups excluding carboxylic acids is 1. The number of nitrogens with zero attached hydrogens (tertiary/aromatic N) is 1. The molecular formula is C10H9NO5. The molecule has 0 aliphatic carbocycles. The van der Waals surface area contributed by atoms with Crippen molar-refractivity contribution in [2.45, 2.75) is 0 Å². The molecular weight excluding hydrogens is 214 g/mol. The maximum Gasteiger partial charge on any atom is 0.373 e. The molecule has 1 aromatic rings. The van der Waals surface area contributed by atoms with Gasteiger partial charge in [0, 0.05) is 12.1 Å². The molecule has 6 nitrogen and oxygen atoms in total. The molecule has 0 aliphatic rings. The number of rotatable bonds is 3. The number of non-ortho nitro benzene ring substituents is 1. The average molecular weight is 223 g/mol. The Morgan fingerprint density at radius 2 is 2.00 bits per heavy atom. The van der Waals surface area contributed by atoms with E-state index in [1.807, 2.05) is 0 Å². The van der Waals surface area contributed by atoms with Gasteiger partial charge < -0.3 is 9.84 Å². The highest BCUT2D eigenvalue weighted by Crippen LogP contribution is 2.13. The number of hydrogen-bond donors (Lipinski definition) is 1. The number of hydrogen-bond acceptors (Lipinski definition) is 5. The van der Waals surface area contributed by atoms with Crippen LogP contribution in [-0.4, -0.2) is 23.1 Å². The third-order valence-electron chi connectivity index (χ3n) is 1.80. The summed E-state index contributed by atoms with van der Waals surface area (Å²) in [6.45, 7) is 0. The monoisotopic (exact) mass is 223 g/mol. The summed E-state index contributed by atoms with van der Waals surface area (Å²) in [6, 6.07) is 5.38. The molecule has 0 atom stereocenters. The smallest absolute Gasteiger partial charge is 0.373 e. The minimum absolute atomic E-state index is 0.0605. The van der Waals surface area contributed by atoms with Crippen LogP contribution in [0.4, 0.5) is 5.69 Å². The first kappa shape index (κ1) is 11.7. The first-order valence-corrected chi connectivity index (χ1v) is 4.28. The van der Waals surface area contributed by atoms with Gasteiger partial charge in [-0.15, -0.1) is 0 Å². The number of carbonyl (C=O) groups is 1. The average Bonchev–Trinajstić information content (AvgIpc) is 2.28. The Labute approximate surface area is 90.9 Å². The van der Waals surface area contributed by atoms with Crippen molar-refractivity contribution in [2.24, 2.45) is 0 Å². The minimum atomic E-state index is -0.863. The van der Waals surface area contributed by atoms with Gasteiger partial charge in [-0.1, -0.05) is 0 Å². The van der Waals surface area contributed by atoms with E-state index in [0.29, 0.717) is 5.56 Å². The van der Waals surface area contributed by atoms with Gasteiger partial charge in [-0.25, -0.2) is 4.79 Å². The van der Waals surface area contributed by atoms with Crippen molar-refractivity contribution in [3.63, 3.8) is 0 Å². The highest BCUT2D eigenvalue weighted by atomic mass is 16.6. The molecule has 0 amide bonds. The molecule has 0 spiro atoms. The Kier molecular flexibility index (Phi) is 3.60. The van der Waals surface area contributed by atoms with Crippen molar-refractivity contribution in [2.75, 3.05) is 7.11 Å². The van der Waals surface area contributed by atoms with Gasteiger partial charge in [0.2, 0.25) is 5.76 Å². The van der Waals surface area contributed by atoms with Crippen LogP contribution in [-0.2, 0) is 9.53 Å². The Hall–Kier alpha value is -2.37. The lowest BCUT2D eigenvalue weighted by atomic mass is 10.2. The molecule has 1 rings (SSSR count). The van der Waals surface area contributed by atoms with Gasteiger partial charge in [0.15, 0.2) is 0 Å². The van der Waals surface area contributed by atoms with E-state index in [4.69, 9.17) is 0 Å². The van der Waals surface area contributed by atoms with E-state index in [1.165, 1.54) is 24.3 Å². The van der Waals surface area contributed by atoms with Crippen LogP contribution < -0.4 is 0 Å². The summed E-state index contributed by atoms with van der Waals surface area (Å²) in [5.41, 5.74) is 0.406. The van der Waals surface area contributed by atoms with Crippen LogP contribution in [0.1, 0.15) is 5.56 Å². The fourth-order valence-corrected chi connectivity index (χ4v) is 1.01. The Morgan fingerprint density at radius 1 is 1.44 bits per heavy atom. The van der Waals surface area contributed by atoms with Gasteiger partial charge in [-0.2, -0.15) is 0 Å². The van der Waals surface area contributed by atoms with Crippen molar-refractivity contribution in [1.29, 1.82) is 0 Å². The summed E-state index contributed by atoms with van der Waals surface area (Å²) in [4.78, 5) is 20.7. The number of nitro benzene ring substituents is 1. The summed E-state index contributed by atoms with van der Waals surface area (Å²) in [5, 5.41) is 19.6. The number of benzene rings is 1. The van der Waals surface area contributed by atoms with Gasteiger partial charge in [0.05, 0.1) is 12.0 Å². The standard InChI is InChI=1S/C10H9NO5/c1-16-10(13)9(12)6-7-2-4-8(5-3-7)11(14)15/h2-6,12H,1H3/b9-6-. The molecule has 0 aliphatic heterocycles. The van der Waals surface area contributed by atoms with Gasteiger partial charge >= 0.3 is 5.97 Å². The summed E-state index contributed by atoms with van der Waals surface area (Å²) in [7, 11) is 1.14. The lowest BCUT2D eigenvalue weighted by molar-refractivity contribution is -0.384. The van der Waals surface area contributed by atoms with Crippen LogP contribution in [0.5, 0.6) is 0 Å². The minimum Gasteiger partial charge on any atom is -0.502 e. The normalized spacial score (nSPS) is 10.9. The first-order chi connectivity index (χ1) is 7.54. The molecule has 6 heteroatoms. The zero-order valence-electron chi connectivity index (χ0n) is 8.41. The third kappa shape index (κ3) is 2.81. The Balaban J connectivity index is 2.91. The SMILES string of the molecule is COC(=O)/C(O)=C/c1ccc([N+](=O)[O-])cc1. The second-order valence-corrected chi connectivity index (χ2v) is 2.87. The maximum absolute atomic E-state index is 10.8. The summed E-state index contributed by atoms with van der Waals surface area (Å²) in [5.74, 6) is -1.42. The van der Waals surface area contributed by atoms with Crippen molar-refractivity contribution in [1.82, 2.24) is 0 Å². The fourth-order valence-electron chi connectivity index (χ4n) is 1.01. The lowest BCUT2D eigenvalue weighted by Gasteiger charge is -1.97. The molecule has 1 N–H and O–H groups in total. The lowest BCUT2D eigenvalue weighted by Crippen LogP contribution is -2.03. The largest absolute Gasteiger partial charge is 0.502 e. The molecule has 0 fully saturated rings. The second kappa shape index (κ2) is 4.92. The van der Waals surface area contributed by atoms with E-state index in [1.54, 1.807) is 0 Å². The molecule has 0 heterocycles. The molecule has 0 saturated heterocycles. The van der Waals surface area contributed by atoms with Crippen molar-refractivity contribution >= 4 is 17.7 Å². The van der Waals surface area contributed by atoms with E-state index in [9.17, 15) is 20.0 Å². The van der Waals surface area contributed by atoms with Gasteiger partial charge in [0.1, 0.15) is 0 Å². The molecule has 0 unspecified atom stereocenters. The van der Waals surface area contributed by atoms with Gasteiger partial charge in [0.25, 0.3) is 5.69 Å². The Bertz CT molecular complexity index is 435. The van der Waals surface area contributed by atoms with Crippen molar-refractivity contribution in [3.8, 4) is 0 Å². The molecule has 0 aromatic heterocycles. The molecule has 0 saturated carbocycles. The summed E-state index contributed by atoms with van der Waals surface area (Å²) >= 11 is 0. The Morgan fingerprint density at radius 3 is 2.44 bits per heavy atom. The van der Waals surface area contributed by atoms with E-state index in [0.717, 1.165) is 13.2 Å². The van der Waals surface area contributed by atoms with Gasteiger partial charge in [-0.05, 0) is 23.8 Å². The maximum atomic E-state index is 10.8. The van der Waals surface area contributed by atoms with E-state index in [-0.39, 0.29) is 5.69 Å². The number of esters is 1. The molecule has 1 aromatic carbocycles. The van der Waals surface area contributed by atoms with Crippen LogP contribution in [0.2, 0.25) is 0 Å². The van der Waals surface area contributed by atoms with E-state index < -0.39 is 16.7 Å². The van der Waals surface area contributed by atoms with Crippen LogP contribution in [0, 0.1) is 10.1 Å². The zero-order chi connectivity index (χ0) is 12.1. The van der Waals surface area contributed by atoms with Crippen molar-refractivity contribution < 1.29 is 19.6 Å². The van der Waals surface area contributed by atoms with E-state index in [2.05, 4.69) is 4.74 Å².